The Morgan fingerprint density at radius 3 is 2.40 bits per heavy atom. The van der Waals surface area contributed by atoms with E-state index in [0.29, 0.717) is 12.6 Å². The molecule has 1 aliphatic rings. The third kappa shape index (κ3) is 4.65. The van der Waals surface area contributed by atoms with E-state index in [2.05, 4.69) is 17.6 Å². The lowest BCUT2D eigenvalue weighted by Gasteiger charge is -2.28. The van der Waals surface area contributed by atoms with E-state index in [1.54, 1.807) is 0 Å². The van der Waals surface area contributed by atoms with Crippen LogP contribution in [0.1, 0.15) is 46.0 Å². The van der Waals surface area contributed by atoms with E-state index in [1.165, 1.54) is 19.3 Å². The van der Waals surface area contributed by atoms with Gasteiger partial charge in [-0.15, -0.1) is 0 Å². The van der Waals surface area contributed by atoms with Crippen molar-refractivity contribution < 1.29 is 4.79 Å². The summed E-state index contributed by atoms with van der Waals surface area (Å²) < 4.78 is 0. The topological polar surface area (TPSA) is 41.1 Å². The monoisotopic (exact) mass is 212 g/mol. The molecular weight excluding hydrogens is 188 g/mol. The van der Waals surface area contributed by atoms with Gasteiger partial charge in [-0.25, -0.2) is 0 Å². The van der Waals surface area contributed by atoms with Gasteiger partial charge in [0.1, 0.15) is 0 Å². The van der Waals surface area contributed by atoms with Crippen LogP contribution in [0.15, 0.2) is 0 Å². The number of rotatable bonds is 5. The van der Waals surface area contributed by atoms with Crippen molar-refractivity contribution in [3.63, 3.8) is 0 Å². The molecule has 1 rings (SSSR count). The van der Waals surface area contributed by atoms with Gasteiger partial charge in [-0.05, 0) is 38.1 Å². The summed E-state index contributed by atoms with van der Waals surface area (Å²) in [4.78, 5) is 11.4. The molecule has 0 radical (unpaired) electrons. The second-order valence-corrected chi connectivity index (χ2v) is 4.47. The van der Waals surface area contributed by atoms with E-state index in [0.717, 1.165) is 25.3 Å². The quantitative estimate of drug-likeness (QED) is 0.728. The molecule has 0 aliphatic heterocycles. The molecule has 0 unspecified atom stereocenters. The Hall–Kier alpha value is -0.570. The summed E-state index contributed by atoms with van der Waals surface area (Å²) in [5, 5.41) is 6.14. The highest BCUT2D eigenvalue weighted by molar-refractivity contribution is 5.78. The summed E-state index contributed by atoms with van der Waals surface area (Å²) in [6.07, 6.45) is 6.18. The molecule has 1 saturated carbocycles. The van der Waals surface area contributed by atoms with Crippen LogP contribution in [-0.4, -0.2) is 25.0 Å². The van der Waals surface area contributed by atoms with Crippen molar-refractivity contribution in [2.45, 2.75) is 52.0 Å². The first-order chi connectivity index (χ1) is 7.26. The zero-order valence-electron chi connectivity index (χ0n) is 10.0. The lowest BCUT2D eigenvalue weighted by Crippen LogP contribution is -2.42. The van der Waals surface area contributed by atoms with Crippen LogP contribution in [0.5, 0.6) is 0 Å². The van der Waals surface area contributed by atoms with Gasteiger partial charge in [-0.1, -0.05) is 20.3 Å². The van der Waals surface area contributed by atoms with Crippen LogP contribution in [0.2, 0.25) is 0 Å². The smallest absolute Gasteiger partial charge is 0.234 e. The largest absolute Gasteiger partial charge is 0.352 e. The second-order valence-electron chi connectivity index (χ2n) is 4.47. The van der Waals surface area contributed by atoms with Crippen LogP contribution in [-0.2, 0) is 4.79 Å². The van der Waals surface area contributed by atoms with E-state index < -0.39 is 0 Å². The van der Waals surface area contributed by atoms with Crippen molar-refractivity contribution in [1.29, 1.82) is 0 Å². The van der Waals surface area contributed by atoms with Gasteiger partial charge >= 0.3 is 0 Å². The van der Waals surface area contributed by atoms with Gasteiger partial charge in [-0.2, -0.15) is 0 Å². The highest BCUT2D eigenvalue weighted by Gasteiger charge is 2.20. The van der Waals surface area contributed by atoms with E-state index in [4.69, 9.17) is 0 Å². The molecule has 3 heteroatoms. The maximum absolute atomic E-state index is 11.4. The summed E-state index contributed by atoms with van der Waals surface area (Å²) >= 11 is 0. The molecule has 2 N–H and O–H groups in total. The first-order valence-electron chi connectivity index (χ1n) is 6.26. The fourth-order valence-electron chi connectivity index (χ4n) is 2.23. The average molecular weight is 212 g/mol. The number of likely N-dealkylation sites (N-methyl/N-ethyl adjacent to an activating group) is 1. The molecule has 0 bridgehead atoms. The van der Waals surface area contributed by atoms with Gasteiger partial charge < -0.3 is 10.6 Å². The molecule has 0 atom stereocenters. The molecule has 15 heavy (non-hydrogen) atoms. The summed E-state index contributed by atoms with van der Waals surface area (Å²) in [5.41, 5.74) is 0. The van der Waals surface area contributed by atoms with Crippen LogP contribution in [0, 0.1) is 5.92 Å². The Labute approximate surface area is 93.0 Å². The van der Waals surface area contributed by atoms with Crippen LogP contribution in [0.4, 0.5) is 0 Å². The minimum absolute atomic E-state index is 0.150. The highest BCUT2D eigenvalue weighted by atomic mass is 16.1. The molecule has 1 amide bonds. The van der Waals surface area contributed by atoms with Gasteiger partial charge in [0.05, 0.1) is 6.54 Å². The van der Waals surface area contributed by atoms with Crippen molar-refractivity contribution in [3.05, 3.63) is 0 Å². The number of carbonyl (C=O) groups is 1. The second kappa shape index (κ2) is 6.83. The number of hydrogen-bond acceptors (Lipinski definition) is 2. The van der Waals surface area contributed by atoms with Crippen molar-refractivity contribution in [2.24, 2.45) is 5.92 Å². The molecule has 0 spiro atoms. The Morgan fingerprint density at radius 1 is 1.20 bits per heavy atom. The standard InChI is InChI=1S/C12H24N2O/c1-3-10-5-7-11(8-6-10)14-12(15)9-13-4-2/h10-11,13H,3-9H2,1-2H3,(H,14,15). The van der Waals surface area contributed by atoms with Gasteiger partial charge in [0.25, 0.3) is 0 Å². The summed E-state index contributed by atoms with van der Waals surface area (Å²) in [6.45, 7) is 5.59. The fraction of sp³-hybridized carbons (Fsp3) is 0.917. The minimum atomic E-state index is 0.150. The number of amides is 1. The molecule has 0 heterocycles. The number of hydrogen-bond donors (Lipinski definition) is 2. The third-order valence-corrected chi connectivity index (χ3v) is 3.32. The molecule has 0 aromatic heterocycles. The Kier molecular flexibility index (Phi) is 5.69. The molecule has 1 aliphatic carbocycles. The zero-order valence-corrected chi connectivity index (χ0v) is 10.0. The molecule has 3 nitrogen and oxygen atoms in total. The molecule has 0 saturated heterocycles. The Balaban J connectivity index is 2.15. The van der Waals surface area contributed by atoms with Gasteiger partial charge in [-0.3, -0.25) is 4.79 Å². The fourth-order valence-corrected chi connectivity index (χ4v) is 2.23. The van der Waals surface area contributed by atoms with E-state index in [9.17, 15) is 4.79 Å². The van der Waals surface area contributed by atoms with Crippen molar-refractivity contribution >= 4 is 5.91 Å². The summed E-state index contributed by atoms with van der Waals surface area (Å²) in [6, 6.07) is 0.430. The van der Waals surface area contributed by atoms with Crippen LogP contribution >= 0.6 is 0 Å². The average Bonchev–Trinajstić information content (AvgIpc) is 2.27. The zero-order chi connectivity index (χ0) is 11.1. The number of carbonyl (C=O) groups excluding carboxylic acids is 1. The molecule has 88 valence electrons. The molecular formula is C12H24N2O. The van der Waals surface area contributed by atoms with Crippen LogP contribution in [0.25, 0.3) is 0 Å². The number of nitrogens with one attached hydrogen (secondary N) is 2. The van der Waals surface area contributed by atoms with Gasteiger partial charge in [0.2, 0.25) is 5.91 Å². The highest BCUT2D eigenvalue weighted by Crippen LogP contribution is 2.26. The van der Waals surface area contributed by atoms with Gasteiger partial charge in [0, 0.05) is 6.04 Å². The lowest BCUT2D eigenvalue weighted by atomic mass is 9.84. The predicted octanol–water partition coefficient (Wildman–Crippen LogP) is 1.68. The first-order valence-corrected chi connectivity index (χ1v) is 6.26. The van der Waals surface area contributed by atoms with E-state index in [1.807, 2.05) is 6.92 Å². The van der Waals surface area contributed by atoms with Crippen molar-refractivity contribution in [1.82, 2.24) is 10.6 Å². The maximum atomic E-state index is 11.4. The van der Waals surface area contributed by atoms with Crippen molar-refractivity contribution in [2.75, 3.05) is 13.1 Å². The maximum Gasteiger partial charge on any atom is 0.234 e. The first kappa shape index (κ1) is 12.5. The van der Waals surface area contributed by atoms with Crippen LogP contribution in [0.3, 0.4) is 0 Å². The van der Waals surface area contributed by atoms with Gasteiger partial charge in [0.15, 0.2) is 0 Å². The lowest BCUT2D eigenvalue weighted by molar-refractivity contribution is -0.121. The van der Waals surface area contributed by atoms with Crippen molar-refractivity contribution in [3.8, 4) is 0 Å². The van der Waals surface area contributed by atoms with E-state index in [-0.39, 0.29) is 5.91 Å². The third-order valence-electron chi connectivity index (χ3n) is 3.32. The minimum Gasteiger partial charge on any atom is -0.352 e. The Bertz CT molecular complexity index is 186. The van der Waals surface area contributed by atoms with E-state index >= 15 is 0 Å². The normalized spacial score (nSPS) is 26.3. The molecule has 0 aromatic rings. The SMILES string of the molecule is CCNCC(=O)NC1CCC(CC)CC1. The summed E-state index contributed by atoms with van der Waals surface area (Å²) in [5.74, 6) is 1.05. The molecule has 1 fully saturated rings. The predicted molar refractivity (Wildman–Crippen MR) is 62.7 cm³/mol. The Morgan fingerprint density at radius 2 is 1.87 bits per heavy atom. The van der Waals surface area contributed by atoms with Crippen LogP contribution < -0.4 is 10.6 Å². The summed E-state index contributed by atoms with van der Waals surface area (Å²) in [7, 11) is 0. The molecule has 0 aromatic carbocycles.